The zero-order valence-electron chi connectivity index (χ0n) is 81.8. The summed E-state index contributed by atoms with van der Waals surface area (Å²) in [6.45, 7) is 40.8. The van der Waals surface area contributed by atoms with Crippen molar-refractivity contribution in [2.45, 2.75) is 208 Å². The summed E-state index contributed by atoms with van der Waals surface area (Å²) >= 11 is 0. The molecule has 2 N–H and O–H groups in total. The molecule has 868 valence electrons. The molecule has 0 amide bonds. The number of aliphatic hydroxyl groups excluding tert-OH is 2. The van der Waals surface area contributed by atoms with Crippen molar-refractivity contribution in [1.82, 2.24) is 0 Å². The average molecular weight is 2130 g/mol. The highest BCUT2D eigenvalue weighted by Gasteiger charge is 2.36. The maximum absolute atomic E-state index is 11.3. The van der Waals surface area contributed by atoms with E-state index >= 15 is 0 Å². The van der Waals surface area contributed by atoms with Crippen molar-refractivity contribution in [3.8, 4) is 0 Å². The zero-order chi connectivity index (χ0) is 98.6. The van der Waals surface area contributed by atoms with Gasteiger partial charge in [-0.2, -0.15) is 0 Å². The van der Waals surface area contributed by atoms with E-state index in [9.17, 15) is 4.79 Å². The largest absolute Gasteiger partial charge is 0.501 e. The number of esters is 1. The molecule has 19 atom stereocenters. The van der Waals surface area contributed by atoms with Crippen LogP contribution in [0.2, 0.25) is 0 Å². The Bertz CT molecular complexity index is 3030. The van der Waals surface area contributed by atoms with Gasteiger partial charge in [-0.05, 0) is 37.8 Å². The predicted molar refractivity (Wildman–Crippen MR) is 547 cm³/mol. The molecule has 12 heterocycles. The summed E-state index contributed by atoms with van der Waals surface area (Å²) in [5, 5.41) is 16.2. The lowest BCUT2D eigenvalue weighted by molar-refractivity contribution is -0.142. The smallest absolute Gasteiger partial charge is 0.331 e. The Morgan fingerprint density at radius 1 is 0.313 bits per heavy atom. The van der Waals surface area contributed by atoms with Crippen LogP contribution in [0.4, 0.5) is 0 Å². The highest BCUT2D eigenvalue weighted by atomic mass is 16.7. The Kier molecular flexibility index (Phi) is 94.3. The molecule has 13 rings (SSSR count). The minimum atomic E-state index is -0.476. The normalized spacial score (nSPS) is 22.5. The molecule has 147 heavy (non-hydrogen) atoms. The van der Waals surface area contributed by atoms with Crippen molar-refractivity contribution in [1.29, 1.82) is 0 Å². The first-order valence-electron chi connectivity index (χ1n) is 48.6. The summed E-state index contributed by atoms with van der Waals surface area (Å²) in [5.74, 6) is -0.284. The molecule has 0 spiro atoms. The number of rotatable bonds is 92. The molecule has 0 bridgehead atoms. The Morgan fingerprint density at radius 3 is 0.762 bits per heavy atom. The van der Waals surface area contributed by atoms with Crippen LogP contribution < -0.4 is 0 Å². The van der Waals surface area contributed by atoms with Crippen LogP contribution in [0, 0.1) is 5.41 Å². The fourth-order valence-corrected chi connectivity index (χ4v) is 11.5. The van der Waals surface area contributed by atoms with Crippen LogP contribution in [-0.2, 0) is 194 Å². The van der Waals surface area contributed by atoms with Crippen LogP contribution in [0.1, 0.15) is 98.1 Å². The monoisotopic (exact) mass is 2130 g/mol. The third kappa shape index (κ3) is 88.3. The van der Waals surface area contributed by atoms with Gasteiger partial charge in [-0.15, -0.1) is 0 Å². The zero-order valence-corrected chi connectivity index (χ0v) is 81.8. The Hall–Kier alpha value is -4.63. The molecule has 43 nitrogen and oxygen atoms in total. The molecule has 1 aromatic carbocycles. The van der Waals surface area contributed by atoms with Gasteiger partial charge in [0.25, 0.3) is 0 Å². The third-order valence-corrected chi connectivity index (χ3v) is 20.6. The summed E-state index contributed by atoms with van der Waals surface area (Å²) in [4.78, 5) is 27.3. The van der Waals surface area contributed by atoms with E-state index < -0.39 is 29.8 Å². The molecule has 12 aliphatic rings. The molecule has 12 fully saturated rings. The van der Waals surface area contributed by atoms with Gasteiger partial charge in [-0.25, -0.2) is 4.79 Å². The summed E-state index contributed by atoms with van der Waals surface area (Å²) in [6.07, 6.45) is 8.51. The standard InChI is InChI=1S/C57H100O28.C18H30O7.C13H16O2.2C3H6O2.2CH2O.8CH4/c1(44-36-78-44)2-58-17-45(72-11-5-61-20-52-38-80-52)26-67-28-47(74-13-7-63-22-54-40-82-54)30-69-32-49(76-15-9-65-24-56-42-84-56)34-71-35-50(77-16-10-66-25-57-43-85-57)33-70-31-48(75-14-8-64-23-55-41-83-55)29-68-27-46(73-12-6-62-21-53-39-81-53)18-59-3-4-60-19-51-37-79-51;1-3-19-12-18(13-20-4-2,14-22-6-5-16-10-24-16)15-23-8-7-21-9-17-11-25-17;1-3-11(2)15-13(14)10-9-12-7-5-4-6-8-12;2*4-1-3-2-5-3;2*1-2;;;;;;;;/h44-57H,1-43H2;3-4,16-17H,1-2,5-15H2;4-11H,3H2,1-2H3;2*3-4H,1-2H2;2*1H2;8*1H4/b;;10-9+;;;;;;;;;;;;. The average Bonchev–Trinajstić information content (AvgIpc) is 1.56. The number of benzene rings is 1. The summed E-state index contributed by atoms with van der Waals surface area (Å²) in [5.41, 5.74) is 0.561. The van der Waals surface area contributed by atoms with Gasteiger partial charge in [0.15, 0.2) is 0 Å². The van der Waals surface area contributed by atoms with Crippen LogP contribution in [-0.4, -0.2) is 516 Å². The first-order chi connectivity index (χ1) is 68.5. The SMILES string of the molecule is C.C.C.C.C.C.C.C.C(COCC1CO1)OCC(COCC(COCC(COCC(COCC(COCC(COCCC1CO1)OCCOCC1CO1)OCCOCC1CO1)OCCOCC1CO1)OCCOCC1CO1)OCCOCC1CO1)OCCOCC1CO1.C=COCC(COC=C)(COCCOCC1CO1)COCCC1CO1.C=O.C=O.CCC(C)OC(=O)/C=C/c1ccccc1.OCC1CO1.OCC1CO1. The van der Waals surface area contributed by atoms with Crippen molar-refractivity contribution >= 4 is 25.6 Å². The molecule has 43 heteroatoms. The molecule has 0 saturated carbocycles. The lowest BCUT2D eigenvalue weighted by Gasteiger charge is -2.32. The molecular weight excluding hydrogens is 1940 g/mol. The summed E-state index contributed by atoms with van der Waals surface area (Å²) < 4.78 is 216. The second-order valence-electron chi connectivity index (χ2n) is 33.8. The lowest BCUT2D eigenvalue weighted by Crippen LogP contribution is -2.41. The van der Waals surface area contributed by atoms with Gasteiger partial charge in [-0.3, -0.25) is 0 Å². The van der Waals surface area contributed by atoms with Gasteiger partial charge in [0.2, 0.25) is 0 Å². The lowest BCUT2D eigenvalue weighted by atomic mass is 9.92. The molecule has 19 unspecified atom stereocenters. The van der Waals surface area contributed by atoms with Crippen molar-refractivity contribution in [3.05, 3.63) is 67.7 Å². The van der Waals surface area contributed by atoms with E-state index in [-0.39, 0.29) is 230 Å². The van der Waals surface area contributed by atoms with Crippen molar-refractivity contribution in [2.75, 3.05) is 370 Å². The van der Waals surface area contributed by atoms with Gasteiger partial charge in [0.1, 0.15) is 124 Å². The number of epoxide rings is 12. The molecule has 0 aromatic heterocycles. The number of aliphatic hydroxyl groups is 2. The second-order valence-corrected chi connectivity index (χ2v) is 33.8. The maximum atomic E-state index is 11.3. The van der Waals surface area contributed by atoms with Crippen LogP contribution in [0.5, 0.6) is 0 Å². The molecular formula is C104H194O43. The number of ether oxygens (including phenoxy) is 38. The fourth-order valence-electron chi connectivity index (χ4n) is 11.5. The summed E-state index contributed by atoms with van der Waals surface area (Å²) in [7, 11) is 0. The number of hydrogen-bond acceptors (Lipinski definition) is 43. The number of hydrogen-bond donors (Lipinski definition) is 2. The second kappa shape index (κ2) is 96.0. The van der Waals surface area contributed by atoms with Crippen LogP contribution in [0.3, 0.4) is 0 Å². The number of carbonyl (C=O) groups excluding carboxylic acids is 3. The van der Waals surface area contributed by atoms with Gasteiger partial charge < -0.3 is 200 Å². The molecule has 0 radical (unpaired) electrons. The molecule has 0 aliphatic carbocycles. The van der Waals surface area contributed by atoms with Crippen LogP contribution in [0.25, 0.3) is 6.08 Å². The summed E-state index contributed by atoms with van der Waals surface area (Å²) in [6, 6.07) is 9.67. The first kappa shape index (κ1) is 144. The third-order valence-electron chi connectivity index (χ3n) is 20.6. The van der Waals surface area contributed by atoms with E-state index in [1.807, 2.05) is 57.8 Å². The minimum absolute atomic E-state index is 0. The minimum Gasteiger partial charge on any atom is -0.501 e. The van der Waals surface area contributed by atoms with E-state index in [0.717, 1.165) is 77.7 Å². The van der Waals surface area contributed by atoms with Crippen LogP contribution in [0.15, 0.2) is 62.1 Å². The van der Waals surface area contributed by atoms with E-state index in [2.05, 4.69) is 22.6 Å². The van der Waals surface area contributed by atoms with Crippen molar-refractivity contribution < 1.29 is 205 Å². The Balaban J connectivity index is 0. The Morgan fingerprint density at radius 2 is 0.531 bits per heavy atom. The quantitative estimate of drug-likeness (QED) is 0.0215. The van der Waals surface area contributed by atoms with Crippen molar-refractivity contribution in [3.63, 3.8) is 0 Å². The van der Waals surface area contributed by atoms with E-state index in [1.165, 1.54) is 18.6 Å². The topological polar surface area (TPSA) is 482 Å². The molecule has 1 aromatic rings. The molecule has 12 aliphatic heterocycles. The van der Waals surface area contributed by atoms with E-state index in [0.29, 0.717) is 244 Å². The van der Waals surface area contributed by atoms with Crippen LogP contribution >= 0.6 is 0 Å². The molecule has 12 saturated heterocycles. The van der Waals surface area contributed by atoms with Gasteiger partial charge >= 0.3 is 5.97 Å². The first-order valence-corrected chi connectivity index (χ1v) is 48.6. The van der Waals surface area contributed by atoms with Crippen molar-refractivity contribution in [2.24, 2.45) is 5.41 Å². The van der Waals surface area contributed by atoms with Gasteiger partial charge in [-0.1, -0.05) is 110 Å². The number of carbonyl (C=O) groups is 3. The highest BCUT2D eigenvalue weighted by Crippen LogP contribution is 2.24. The van der Waals surface area contributed by atoms with E-state index in [4.69, 9.17) is 190 Å². The van der Waals surface area contributed by atoms with E-state index in [1.54, 1.807) is 6.08 Å². The fraction of sp³-hybridized carbons (Fsp3) is 0.856. The predicted octanol–water partition coefficient (Wildman–Crippen LogP) is 7.16. The maximum Gasteiger partial charge on any atom is 0.331 e. The van der Waals surface area contributed by atoms with Gasteiger partial charge in [0, 0.05) is 19.3 Å². The highest BCUT2D eigenvalue weighted by molar-refractivity contribution is 5.87. The Labute approximate surface area is 878 Å². The van der Waals surface area contributed by atoms with Gasteiger partial charge in [0.05, 0.1) is 380 Å².